The first-order valence-electron chi connectivity index (χ1n) is 8.13. The first kappa shape index (κ1) is 17.2. The number of fused-ring (bicyclic) bond motifs is 1. The summed E-state index contributed by atoms with van der Waals surface area (Å²) >= 11 is 6.02. The van der Waals surface area contributed by atoms with Gasteiger partial charge in [-0.15, -0.1) is 0 Å². The molecule has 1 amide bonds. The fourth-order valence-corrected chi connectivity index (χ4v) is 3.06. The highest BCUT2D eigenvalue weighted by molar-refractivity contribution is 6.30. The zero-order valence-electron chi connectivity index (χ0n) is 14.1. The van der Waals surface area contributed by atoms with E-state index in [1.54, 1.807) is 35.2 Å². The van der Waals surface area contributed by atoms with Crippen LogP contribution in [0.4, 0.5) is 0 Å². The number of carbonyl (C=O) groups is 1. The number of hydrogen-bond acceptors (Lipinski definition) is 2. The molecule has 0 saturated heterocycles. The largest absolute Gasteiger partial charge is 0.332 e. The summed E-state index contributed by atoms with van der Waals surface area (Å²) in [5, 5.41) is 1.46. The van der Waals surface area contributed by atoms with Crippen LogP contribution in [0, 0.1) is 0 Å². The van der Waals surface area contributed by atoms with Crippen molar-refractivity contribution in [1.29, 1.82) is 0 Å². The summed E-state index contributed by atoms with van der Waals surface area (Å²) in [5.41, 5.74) is 1.95. The number of hydrogen-bond donors (Lipinski definition) is 1. The van der Waals surface area contributed by atoms with Gasteiger partial charge in [-0.1, -0.05) is 35.9 Å². The SMILES string of the molecule is CC(C)N(Cc1cc(=O)[nH]c2ccccc12)C(=O)c1cccc(Cl)c1. The van der Waals surface area contributed by atoms with Crippen molar-refractivity contribution < 1.29 is 4.79 Å². The highest BCUT2D eigenvalue weighted by Gasteiger charge is 2.20. The standard InChI is InChI=1S/C20H19ClN2O2/c1-13(2)23(20(25)14-6-5-7-16(21)10-14)12-15-11-19(24)22-18-9-4-3-8-17(15)18/h3-11,13H,12H2,1-2H3,(H,22,24). The minimum absolute atomic E-state index is 0.0236. The third-order valence-corrected chi connectivity index (χ3v) is 4.37. The van der Waals surface area contributed by atoms with Crippen molar-refractivity contribution in [2.45, 2.75) is 26.4 Å². The van der Waals surface area contributed by atoms with Crippen molar-refractivity contribution in [3.8, 4) is 0 Å². The number of amides is 1. The Morgan fingerprint density at radius 1 is 1.12 bits per heavy atom. The summed E-state index contributed by atoms with van der Waals surface area (Å²) in [4.78, 5) is 29.5. The Kier molecular flexibility index (Phi) is 4.91. The van der Waals surface area contributed by atoms with E-state index in [1.165, 1.54) is 0 Å². The number of aromatic amines is 1. The van der Waals surface area contributed by atoms with Crippen LogP contribution in [0.15, 0.2) is 59.4 Å². The van der Waals surface area contributed by atoms with E-state index in [1.807, 2.05) is 38.1 Å². The zero-order chi connectivity index (χ0) is 18.0. The highest BCUT2D eigenvalue weighted by Crippen LogP contribution is 2.20. The number of pyridine rings is 1. The molecule has 3 aromatic rings. The molecule has 5 heteroatoms. The quantitative estimate of drug-likeness (QED) is 0.762. The van der Waals surface area contributed by atoms with Crippen LogP contribution in [-0.4, -0.2) is 21.8 Å². The lowest BCUT2D eigenvalue weighted by Gasteiger charge is -2.27. The minimum atomic E-state index is -0.174. The molecule has 0 bridgehead atoms. The Balaban J connectivity index is 2.01. The topological polar surface area (TPSA) is 53.2 Å². The lowest BCUT2D eigenvalue weighted by molar-refractivity contribution is 0.0691. The van der Waals surface area contributed by atoms with Crippen molar-refractivity contribution in [1.82, 2.24) is 9.88 Å². The predicted molar refractivity (Wildman–Crippen MR) is 101 cm³/mol. The van der Waals surface area contributed by atoms with E-state index in [0.717, 1.165) is 16.5 Å². The molecule has 0 unspecified atom stereocenters. The van der Waals surface area contributed by atoms with Gasteiger partial charge in [-0.2, -0.15) is 0 Å². The molecule has 1 heterocycles. The van der Waals surface area contributed by atoms with Crippen LogP contribution in [0.3, 0.4) is 0 Å². The molecule has 0 atom stereocenters. The van der Waals surface area contributed by atoms with Crippen molar-refractivity contribution in [2.75, 3.05) is 0 Å². The molecule has 2 aromatic carbocycles. The van der Waals surface area contributed by atoms with Crippen molar-refractivity contribution >= 4 is 28.4 Å². The number of nitrogens with zero attached hydrogens (tertiary/aromatic N) is 1. The van der Waals surface area contributed by atoms with E-state index >= 15 is 0 Å². The average molecular weight is 355 g/mol. The van der Waals surface area contributed by atoms with Gasteiger partial charge in [0.1, 0.15) is 0 Å². The highest BCUT2D eigenvalue weighted by atomic mass is 35.5. The molecule has 1 aromatic heterocycles. The van der Waals surface area contributed by atoms with Crippen LogP contribution in [-0.2, 0) is 6.54 Å². The van der Waals surface area contributed by atoms with Crippen LogP contribution in [0.25, 0.3) is 10.9 Å². The van der Waals surface area contributed by atoms with Gasteiger partial charge in [-0.25, -0.2) is 0 Å². The van der Waals surface area contributed by atoms with E-state index in [4.69, 9.17) is 11.6 Å². The third kappa shape index (κ3) is 3.74. The Labute approximate surface area is 151 Å². The summed E-state index contributed by atoms with van der Waals surface area (Å²) < 4.78 is 0. The Morgan fingerprint density at radius 2 is 1.88 bits per heavy atom. The average Bonchev–Trinajstić information content (AvgIpc) is 2.58. The number of aromatic nitrogens is 1. The van der Waals surface area contributed by atoms with Crippen LogP contribution in [0.2, 0.25) is 5.02 Å². The van der Waals surface area contributed by atoms with E-state index in [2.05, 4.69) is 4.98 Å². The molecule has 0 radical (unpaired) electrons. The fraction of sp³-hybridized carbons (Fsp3) is 0.200. The van der Waals surface area contributed by atoms with Crippen molar-refractivity contribution in [3.05, 3.63) is 81.1 Å². The molecule has 1 N–H and O–H groups in total. The Hall–Kier alpha value is -2.59. The molecule has 0 aliphatic carbocycles. The summed E-state index contributed by atoms with van der Waals surface area (Å²) in [6.07, 6.45) is 0. The monoisotopic (exact) mass is 354 g/mol. The van der Waals surface area contributed by atoms with Gasteiger partial charge in [0.25, 0.3) is 5.91 Å². The Bertz CT molecular complexity index is 979. The van der Waals surface area contributed by atoms with Gasteiger partial charge >= 0.3 is 0 Å². The fourth-order valence-electron chi connectivity index (χ4n) is 2.87. The molecule has 0 saturated carbocycles. The van der Waals surface area contributed by atoms with Crippen LogP contribution < -0.4 is 5.56 Å². The smallest absolute Gasteiger partial charge is 0.254 e. The second-order valence-electron chi connectivity index (χ2n) is 6.24. The Morgan fingerprint density at radius 3 is 2.60 bits per heavy atom. The minimum Gasteiger partial charge on any atom is -0.332 e. The maximum atomic E-state index is 12.9. The zero-order valence-corrected chi connectivity index (χ0v) is 14.9. The van der Waals surface area contributed by atoms with Crippen LogP contribution in [0.5, 0.6) is 0 Å². The molecule has 0 fully saturated rings. The van der Waals surface area contributed by atoms with Gasteiger partial charge in [0.05, 0.1) is 0 Å². The molecule has 25 heavy (non-hydrogen) atoms. The number of benzene rings is 2. The number of rotatable bonds is 4. The summed E-state index contributed by atoms with van der Waals surface area (Å²) in [6.45, 7) is 4.27. The predicted octanol–water partition coefficient (Wildman–Crippen LogP) is 4.23. The maximum Gasteiger partial charge on any atom is 0.254 e. The van der Waals surface area contributed by atoms with Crippen LogP contribution in [0.1, 0.15) is 29.8 Å². The molecule has 4 nitrogen and oxygen atoms in total. The first-order valence-corrected chi connectivity index (χ1v) is 8.51. The molecule has 0 aliphatic rings. The van der Waals surface area contributed by atoms with Crippen molar-refractivity contribution in [2.24, 2.45) is 0 Å². The summed E-state index contributed by atoms with van der Waals surface area (Å²) in [6, 6.07) is 16.0. The summed E-state index contributed by atoms with van der Waals surface area (Å²) in [7, 11) is 0. The van der Waals surface area contributed by atoms with E-state index < -0.39 is 0 Å². The maximum absolute atomic E-state index is 12.9. The number of para-hydroxylation sites is 1. The normalized spacial score (nSPS) is 11.0. The lowest BCUT2D eigenvalue weighted by Crippen LogP contribution is -2.36. The lowest BCUT2D eigenvalue weighted by atomic mass is 10.1. The third-order valence-electron chi connectivity index (χ3n) is 4.13. The number of halogens is 1. The van der Waals surface area contributed by atoms with Gasteiger partial charge in [-0.05, 0) is 43.7 Å². The van der Waals surface area contributed by atoms with Gasteiger partial charge in [0.15, 0.2) is 0 Å². The molecular formula is C20H19ClN2O2. The molecule has 0 spiro atoms. The van der Waals surface area contributed by atoms with E-state index in [0.29, 0.717) is 17.1 Å². The molecule has 0 aliphatic heterocycles. The molecular weight excluding hydrogens is 336 g/mol. The van der Waals surface area contributed by atoms with Gasteiger partial charge in [0.2, 0.25) is 5.56 Å². The summed E-state index contributed by atoms with van der Waals surface area (Å²) in [5.74, 6) is -0.109. The molecule has 128 valence electrons. The van der Waals surface area contributed by atoms with Crippen LogP contribution >= 0.6 is 11.6 Å². The van der Waals surface area contributed by atoms with Gasteiger partial charge in [0, 0.05) is 40.1 Å². The second-order valence-corrected chi connectivity index (χ2v) is 6.68. The van der Waals surface area contributed by atoms with Crippen molar-refractivity contribution in [3.63, 3.8) is 0 Å². The van der Waals surface area contributed by atoms with E-state index in [-0.39, 0.29) is 17.5 Å². The van der Waals surface area contributed by atoms with Gasteiger partial charge < -0.3 is 9.88 Å². The number of nitrogens with one attached hydrogen (secondary N) is 1. The number of carbonyl (C=O) groups excluding carboxylic acids is 1. The molecule has 3 rings (SSSR count). The van der Waals surface area contributed by atoms with E-state index in [9.17, 15) is 9.59 Å². The second kappa shape index (κ2) is 7.11. The van der Waals surface area contributed by atoms with Gasteiger partial charge in [-0.3, -0.25) is 9.59 Å². The number of H-pyrrole nitrogens is 1. The first-order chi connectivity index (χ1) is 12.0.